The summed E-state index contributed by atoms with van der Waals surface area (Å²) in [4.78, 5) is 3.03. The Morgan fingerprint density at radius 3 is 3.00 bits per heavy atom. The fraction of sp³-hybridized carbons (Fsp3) is 0.273. The number of rotatable bonds is 3. The van der Waals surface area contributed by atoms with E-state index in [0.29, 0.717) is 18.4 Å². The van der Waals surface area contributed by atoms with Crippen LogP contribution in [0.15, 0.2) is 24.4 Å². The number of aromatic amines is 1. The third kappa shape index (κ3) is 1.63. The van der Waals surface area contributed by atoms with Crippen LogP contribution in [0.1, 0.15) is 12.0 Å². The maximum absolute atomic E-state index is 13.4. The van der Waals surface area contributed by atoms with Gasteiger partial charge in [-0.05, 0) is 36.6 Å². The van der Waals surface area contributed by atoms with E-state index in [0.717, 1.165) is 10.9 Å². The zero-order chi connectivity index (χ0) is 9.97. The molecule has 1 aromatic heterocycles. The molecule has 1 aromatic carbocycles. The van der Waals surface area contributed by atoms with E-state index in [1.165, 1.54) is 6.07 Å². The minimum absolute atomic E-state index is 0.0994. The highest BCUT2D eigenvalue weighted by molar-refractivity contribution is 5.80. The van der Waals surface area contributed by atoms with Gasteiger partial charge in [-0.3, -0.25) is 0 Å². The lowest BCUT2D eigenvalue weighted by molar-refractivity contribution is 0.288. The number of aliphatic hydroxyl groups excluding tert-OH is 1. The Bertz CT molecular complexity index is 436. The molecule has 1 heterocycles. The molecule has 0 saturated heterocycles. The van der Waals surface area contributed by atoms with E-state index in [1.54, 1.807) is 12.3 Å². The van der Waals surface area contributed by atoms with Crippen LogP contribution in [0.2, 0.25) is 0 Å². The number of halogens is 1. The summed E-state index contributed by atoms with van der Waals surface area (Å²) in [5.74, 6) is -0.189. The third-order valence-electron chi connectivity index (χ3n) is 2.32. The Morgan fingerprint density at radius 1 is 1.36 bits per heavy atom. The van der Waals surface area contributed by atoms with Crippen molar-refractivity contribution in [1.29, 1.82) is 0 Å². The maximum atomic E-state index is 13.4. The summed E-state index contributed by atoms with van der Waals surface area (Å²) < 4.78 is 13.4. The average molecular weight is 193 g/mol. The summed E-state index contributed by atoms with van der Waals surface area (Å²) in [6.07, 6.45) is 2.97. The second-order valence-corrected chi connectivity index (χ2v) is 3.34. The van der Waals surface area contributed by atoms with Crippen molar-refractivity contribution in [1.82, 2.24) is 4.98 Å². The smallest absolute Gasteiger partial charge is 0.127 e. The Balaban J connectivity index is 2.38. The van der Waals surface area contributed by atoms with Gasteiger partial charge in [0.1, 0.15) is 5.82 Å². The number of aliphatic hydroxyl groups is 1. The quantitative estimate of drug-likeness (QED) is 0.770. The number of hydrogen-bond acceptors (Lipinski definition) is 1. The lowest BCUT2D eigenvalue weighted by Crippen LogP contribution is -1.93. The van der Waals surface area contributed by atoms with Crippen LogP contribution in [-0.2, 0) is 6.42 Å². The van der Waals surface area contributed by atoms with Crippen molar-refractivity contribution in [3.63, 3.8) is 0 Å². The Kier molecular flexibility index (Phi) is 2.50. The largest absolute Gasteiger partial charge is 0.396 e. The van der Waals surface area contributed by atoms with Crippen molar-refractivity contribution in [2.75, 3.05) is 6.61 Å². The van der Waals surface area contributed by atoms with Gasteiger partial charge in [0.05, 0.1) is 0 Å². The number of aryl methyl sites for hydroxylation is 1. The molecule has 0 aliphatic heterocycles. The molecule has 0 aliphatic carbocycles. The third-order valence-corrected chi connectivity index (χ3v) is 2.32. The minimum atomic E-state index is -0.189. The zero-order valence-electron chi connectivity index (χ0n) is 7.76. The van der Waals surface area contributed by atoms with Gasteiger partial charge in [-0.2, -0.15) is 0 Å². The molecule has 0 unspecified atom stereocenters. The van der Waals surface area contributed by atoms with Gasteiger partial charge in [0.25, 0.3) is 0 Å². The SMILES string of the molecule is OCCCc1cc2[nH]ccc2cc1F. The molecule has 0 fully saturated rings. The molecular formula is C11H12FNO. The molecule has 3 heteroatoms. The topological polar surface area (TPSA) is 36.0 Å². The van der Waals surface area contributed by atoms with E-state index in [-0.39, 0.29) is 12.4 Å². The van der Waals surface area contributed by atoms with Gasteiger partial charge in [0.2, 0.25) is 0 Å². The zero-order valence-corrected chi connectivity index (χ0v) is 7.76. The van der Waals surface area contributed by atoms with E-state index in [2.05, 4.69) is 4.98 Å². The van der Waals surface area contributed by atoms with E-state index >= 15 is 0 Å². The van der Waals surface area contributed by atoms with E-state index in [1.807, 2.05) is 6.07 Å². The van der Waals surface area contributed by atoms with Gasteiger partial charge in [-0.1, -0.05) is 0 Å². The summed E-state index contributed by atoms with van der Waals surface area (Å²) in [7, 11) is 0. The molecule has 0 spiro atoms. The second kappa shape index (κ2) is 3.80. The van der Waals surface area contributed by atoms with Crippen LogP contribution in [0.3, 0.4) is 0 Å². The molecular weight excluding hydrogens is 181 g/mol. The van der Waals surface area contributed by atoms with Crippen LogP contribution >= 0.6 is 0 Å². The summed E-state index contributed by atoms with van der Waals surface area (Å²) >= 11 is 0. The first-order valence-corrected chi connectivity index (χ1v) is 4.67. The van der Waals surface area contributed by atoms with Crippen molar-refractivity contribution in [3.8, 4) is 0 Å². The fourth-order valence-corrected chi connectivity index (χ4v) is 1.58. The predicted molar refractivity (Wildman–Crippen MR) is 53.7 cm³/mol. The minimum Gasteiger partial charge on any atom is -0.396 e. The number of hydrogen-bond donors (Lipinski definition) is 2. The van der Waals surface area contributed by atoms with Crippen LogP contribution in [0.25, 0.3) is 10.9 Å². The number of benzene rings is 1. The predicted octanol–water partition coefficient (Wildman–Crippen LogP) is 2.23. The highest BCUT2D eigenvalue weighted by atomic mass is 19.1. The van der Waals surface area contributed by atoms with Gasteiger partial charge in [0, 0.05) is 23.7 Å². The van der Waals surface area contributed by atoms with Crippen LogP contribution in [0.5, 0.6) is 0 Å². The second-order valence-electron chi connectivity index (χ2n) is 3.34. The number of H-pyrrole nitrogens is 1. The highest BCUT2D eigenvalue weighted by Crippen LogP contribution is 2.18. The van der Waals surface area contributed by atoms with E-state index < -0.39 is 0 Å². The van der Waals surface area contributed by atoms with Gasteiger partial charge in [-0.15, -0.1) is 0 Å². The standard InChI is InChI=1S/C11H12FNO/c12-10-6-9-3-4-13-11(9)7-8(10)2-1-5-14/h3-4,6-7,13-14H,1-2,5H2. The van der Waals surface area contributed by atoms with Crippen molar-refractivity contribution in [2.45, 2.75) is 12.8 Å². The van der Waals surface area contributed by atoms with Gasteiger partial charge in [-0.25, -0.2) is 4.39 Å². The molecule has 14 heavy (non-hydrogen) atoms. The summed E-state index contributed by atoms with van der Waals surface area (Å²) in [5.41, 5.74) is 1.60. The molecule has 2 nitrogen and oxygen atoms in total. The molecule has 0 bridgehead atoms. The number of aromatic nitrogens is 1. The molecule has 0 radical (unpaired) electrons. The van der Waals surface area contributed by atoms with Crippen molar-refractivity contribution in [2.24, 2.45) is 0 Å². The van der Waals surface area contributed by atoms with Gasteiger partial charge >= 0.3 is 0 Å². The lowest BCUT2D eigenvalue weighted by atomic mass is 10.1. The summed E-state index contributed by atoms with van der Waals surface area (Å²) in [5, 5.41) is 9.55. The van der Waals surface area contributed by atoms with E-state index in [4.69, 9.17) is 5.11 Å². The first-order valence-electron chi connectivity index (χ1n) is 4.67. The van der Waals surface area contributed by atoms with Crippen LogP contribution in [-0.4, -0.2) is 16.7 Å². The van der Waals surface area contributed by atoms with Crippen LogP contribution < -0.4 is 0 Å². The van der Waals surface area contributed by atoms with Crippen molar-refractivity contribution >= 4 is 10.9 Å². The molecule has 0 atom stereocenters. The molecule has 0 amide bonds. The van der Waals surface area contributed by atoms with Crippen LogP contribution in [0, 0.1) is 5.82 Å². The number of nitrogens with one attached hydrogen (secondary N) is 1. The Hall–Kier alpha value is -1.35. The first kappa shape index (κ1) is 9.21. The van der Waals surface area contributed by atoms with Gasteiger partial charge < -0.3 is 10.1 Å². The molecule has 2 N–H and O–H groups in total. The fourth-order valence-electron chi connectivity index (χ4n) is 1.58. The molecule has 0 saturated carbocycles. The monoisotopic (exact) mass is 193 g/mol. The molecule has 2 aromatic rings. The Morgan fingerprint density at radius 2 is 2.21 bits per heavy atom. The van der Waals surface area contributed by atoms with Crippen LogP contribution in [0.4, 0.5) is 4.39 Å². The van der Waals surface area contributed by atoms with E-state index in [9.17, 15) is 4.39 Å². The average Bonchev–Trinajstić information content (AvgIpc) is 2.61. The molecule has 2 rings (SSSR count). The highest BCUT2D eigenvalue weighted by Gasteiger charge is 2.04. The van der Waals surface area contributed by atoms with Crippen molar-refractivity contribution in [3.05, 3.63) is 35.8 Å². The number of fused-ring (bicyclic) bond motifs is 1. The molecule has 74 valence electrons. The maximum Gasteiger partial charge on any atom is 0.127 e. The normalized spacial score (nSPS) is 11.0. The van der Waals surface area contributed by atoms with Crippen molar-refractivity contribution < 1.29 is 9.50 Å². The molecule has 0 aliphatic rings. The summed E-state index contributed by atoms with van der Waals surface area (Å²) in [6.45, 7) is 0.0994. The first-order chi connectivity index (χ1) is 6.81. The lowest BCUT2D eigenvalue weighted by Gasteiger charge is -2.02. The van der Waals surface area contributed by atoms with Gasteiger partial charge in [0.15, 0.2) is 0 Å². The Labute approximate surface area is 81.4 Å². The summed E-state index contributed by atoms with van der Waals surface area (Å²) in [6, 6.07) is 5.17.